The standard InChI is InChI=1S/C15H19N3O/c1-19-15-8-11(9-16)2-3-13(15)17-14-10-18-6-4-12(14)5-7-18/h2-3,8,12,14,17H,4-7,10H2,1H3. The van der Waals surface area contributed by atoms with Crippen LogP contribution in [-0.4, -0.2) is 37.7 Å². The SMILES string of the molecule is COc1cc(C#N)ccc1NC1CN2CCC1CC2. The van der Waals surface area contributed by atoms with Crippen molar-refractivity contribution in [3.8, 4) is 11.8 Å². The van der Waals surface area contributed by atoms with Crippen LogP contribution < -0.4 is 10.1 Å². The van der Waals surface area contributed by atoms with E-state index in [1.54, 1.807) is 13.2 Å². The summed E-state index contributed by atoms with van der Waals surface area (Å²) in [4.78, 5) is 2.52. The van der Waals surface area contributed by atoms with Crippen LogP contribution in [0, 0.1) is 17.2 Å². The first-order valence-corrected chi connectivity index (χ1v) is 6.87. The van der Waals surface area contributed by atoms with Gasteiger partial charge in [0.1, 0.15) is 5.75 Å². The van der Waals surface area contributed by atoms with Gasteiger partial charge in [0, 0.05) is 18.7 Å². The fourth-order valence-corrected chi connectivity index (χ4v) is 3.21. The number of benzene rings is 1. The van der Waals surface area contributed by atoms with Crippen LogP contribution in [0.5, 0.6) is 5.75 Å². The summed E-state index contributed by atoms with van der Waals surface area (Å²) in [7, 11) is 1.65. The van der Waals surface area contributed by atoms with Gasteiger partial charge in [0.25, 0.3) is 0 Å². The molecule has 3 saturated heterocycles. The summed E-state index contributed by atoms with van der Waals surface area (Å²) in [5, 5.41) is 12.5. The van der Waals surface area contributed by atoms with Gasteiger partial charge < -0.3 is 15.0 Å². The molecule has 0 radical (unpaired) electrons. The van der Waals surface area contributed by atoms with Gasteiger partial charge in [-0.2, -0.15) is 5.26 Å². The molecule has 0 spiro atoms. The number of methoxy groups -OCH3 is 1. The molecule has 0 saturated carbocycles. The van der Waals surface area contributed by atoms with Crippen LogP contribution in [0.15, 0.2) is 18.2 Å². The predicted molar refractivity (Wildman–Crippen MR) is 74.3 cm³/mol. The third-order valence-electron chi connectivity index (χ3n) is 4.33. The van der Waals surface area contributed by atoms with Gasteiger partial charge in [0.2, 0.25) is 0 Å². The van der Waals surface area contributed by atoms with E-state index in [4.69, 9.17) is 10.00 Å². The monoisotopic (exact) mass is 257 g/mol. The summed E-state index contributed by atoms with van der Waals surface area (Å²) >= 11 is 0. The topological polar surface area (TPSA) is 48.3 Å². The van der Waals surface area contributed by atoms with Crippen molar-refractivity contribution in [2.75, 3.05) is 32.1 Å². The van der Waals surface area contributed by atoms with Crippen molar-refractivity contribution in [2.45, 2.75) is 18.9 Å². The predicted octanol–water partition coefficient (Wildman–Crippen LogP) is 2.07. The van der Waals surface area contributed by atoms with Gasteiger partial charge >= 0.3 is 0 Å². The minimum Gasteiger partial charge on any atom is -0.495 e. The van der Waals surface area contributed by atoms with Crippen molar-refractivity contribution in [3.05, 3.63) is 23.8 Å². The van der Waals surface area contributed by atoms with E-state index in [1.807, 2.05) is 12.1 Å². The highest BCUT2D eigenvalue weighted by atomic mass is 16.5. The number of nitrogens with one attached hydrogen (secondary N) is 1. The molecule has 3 aliphatic heterocycles. The second-order valence-electron chi connectivity index (χ2n) is 5.42. The van der Waals surface area contributed by atoms with Crippen molar-refractivity contribution in [1.82, 2.24) is 4.90 Å². The van der Waals surface area contributed by atoms with Crippen molar-refractivity contribution in [3.63, 3.8) is 0 Å². The highest BCUT2D eigenvalue weighted by Crippen LogP contribution is 2.32. The van der Waals surface area contributed by atoms with Crippen molar-refractivity contribution < 1.29 is 4.74 Å². The van der Waals surface area contributed by atoms with E-state index in [9.17, 15) is 0 Å². The molecule has 19 heavy (non-hydrogen) atoms. The average molecular weight is 257 g/mol. The lowest BCUT2D eigenvalue weighted by atomic mass is 9.84. The average Bonchev–Trinajstić information content (AvgIpc) is 2.49. The molecule has 4 heteroatoms. The number of ether oxygens (including phenoxy) is 1. The first kappa shape index (κ1) is 12.3. The Morgan fingerprint density at radius 3 is 2.74 bits per heavy atom. The van der Waals surface area contributed by atoms with E-state index in [0.29, 0.717) is 11.6 Å². The van der Waals surface area contributed by atoms with Gasteiger partial charge in [-0.3, -0.25) is 0 Å². The maximum atomic E-state index is 8.92. The summed E-state index contributed by atoms with van der Waals surface area (Å²) in [6.45, 7) is 3.61. The van der Waals surface area contributed by atoms with Crippen LogP contribution in [0.1, 0.15) is 18.4 Å². The summed E-state index contributed by atoms with van der Waals surface area (Å²) in [6.07, 6.45) is 2.58. The van der Waals surface area contributed by atoms with E-state index in [2.05, 4.69) is 16.3 Å². The quantitative estimate of drug-likeness (QED) is 0.900. The zero-order valence-corrected chi connectivity index (χ0v) is 11.2. The maximum absolute atomic E-state index is 8.92. The first-order valence-electron chi connectivity index (χ1n) is 6.87. The van der Waals surface area contributed by atoms with Crippen LogP contribution in [0.3, 0.4) is 0 Å². The van der Waals surface area contributed by atoms with Crippen LogP contribution in [-0.2, 0) is 0 Å². The number of rotatable bonds is 3. The Balaban J connectivity index is 1.78. The third kappa shape index (κ3) is 2.39. The van der Waals surface area contributed by atoms with Gasteiger partial charge in [0.15, 0.2) is 0 Å². The lowest BCUT2D eigenvalue weighted by molar-refractivity contribution is 0.0974. The zero-order chi connectivity index (χ0) is 13.2. The van der Waals surface area contributed by atoms with E-state index in [1.165, 1.54) is 25.9 Å². The Kier molecular flexibility index (Phi) is 3.31. The molecule has 0 amide bonds. The second kappa shape index (κ2) is 5.10. The number of hydrogen-bond donors (Lipinski definition) is 1. The second-order valence-corrected chi connectivity index (χ2v) is 5.42. The molecule has 3 heterocycles. The van der Waals surface area contributed by atoms with Crippen LogP contribution in [0.2, 0.25) is 0 Å². The van der Waals surface area contributed by atoms with Crippen molar-refractivity contribution in [2.24, 2.45) is 5.92 Å². The Morgan fingerprint density at radius 1 is 1.37 bits per heavy atom. The van der Waals surface area contributed by atoms with Crippen LogP contribution >= 0.6 is 0 Å². The molecule has 1 N–H and O–H groups in total. The minimum atomic E-state index is 0.504. The Bertz CT molecular complexity index is 501. The van der Waals surface area contributed by atoms with Gasteiger partial charge in [-0.05, 0) is 44.0 Å². The fraction of sp³-hybridized carbons (Fsp3) is 0.533. The number of fused-ring (bicyclic) bond motifs is 3. The number of hydrogen-bond acceptors (Lipinski definition) is 4. The Labute approximate surface area is 114 Å². The van der Waals surface area contributed by atoms with E-state index < -0.39 is 0 Å². The van der Waals surface area contributed by atoms with Crippen LogP contribution in [0.25, 0.3) is 0 Å². The maximum Gasteiger partial charge on any atom is 0.143 e. The lowest BCUT2D eigenvalue weighted by Gasteiger charge is -2.45. The highest BCUT2D eigenvalue weighted by Gasteiger charge is 2.34. The summed E-state index contributed by atoms with van der Waals surface area (Å²) in [6, 6.07) is 8.24. The molecular formula is C15H19N3O. The van der Waals surface area contributed by atoms with E-state index in [-0.39, 0.29) is 0 Å². The molecule has 4 nitrogen and oxygen atoms in total. The minimum absolute atomic E-state index is 0.504. The molecule has 2 bridgehead atoms. The van der Waals surface area contributed by atoms with Gasteiger partial charge in [0.05, 0.1) is 24.4 Å². The summed E-state index contributed by atoms with van der Waals surface area (Å²) in [5.41, 5.74) is 1.64. The first-order chi connectivity index (χ1) is 9.30. The number of piperidine rings is 3. The highest BCUT2D eigenvalue weighted by molar-refractivity contribution is 5.60. The smallest absolute Gasteiger partial charge is 0.143 e. The third-order valence-corrected chi connectivity index (χ3v) is 4.33. The molecule has 0 aromatic heterocycles. The lowest BCUT2D eigenvalue weighted by Crippen LogP contribution is -2.53. The molecule has 1 unspecified atom stereocenters. The summed E-state index contributed by atoms with van der Waals surface area (Å²) in [5.74, 6) is 1.53. The molecule has 1 aromatic carbocycles. The van der Waals surface area contributed by atoms with Gasteiger partial charge in [-0.25, -0.2) is 0 Å². The van der Waals surface area contributed by atoms with Gasteiger partial charge in [-0.1, -0.05) is 0 Å². The molecule has 0 aliphatic carbocycles. The Morgan fingerprint density at radius 2 is 2.16 bits per heavy atom. The van der Waals surface area contributed by atoms with E-state index >= 15 is 0 Å². The number of anilines is 1. The largest absolute Gasteiger partial charge is 0.495 e. The number of nitrogens with zero attached hydrogens (tertiary/aromatic N) is 2. The van der Waals surface area contributed by atoms with E-state index in [0.717, 1.165) is 23.9 Å². The van der Waals surface area contributed by atoms with Crippen molar-refractivity contribution in [1.29, 1.82) is 5.26 Å². The molecule has 1 aromatic rings. The normalized spacial score (nSPS) is 28.7. The van der Waals surface area contributed by atoms with Gasteiger partial charge in [-0.15, -0.1) is 0 Å². The Hall–Kier alpha value is -1.73. The molecular weight excluding hydrogens is 238 g/mol. The number of nitriles is 1. The molecule has 1 atom stereocenters. The van der Waals surface area contributed by atoms with Crippen LogP contribution in [0.4, 0.5) is 5.69 Å². The molecule has 3 fully saturated rings. The zero-order valence-electron chi connectivity index (χ0n) is 11.2. The van der Waals surface area contributed by atoms with Crippen molar-refractivity contribution >= 4 is 5.69 Å². The molecule has 4 rings (SSSR count). The molecule has 100 valence electrons. The molecule has 3 aliphatic rings. The fourth-order valence-electron chi connectivity index (χ4n) is 3.21. The summed E-state index contributed by atoms with van der Waals surface area (Å²) < 4.78 is 5.38.